The molecule has 0 atom stereocenters. The van der Waals surface area contributed by atoms with Crippen LogP contribution in [0.2, 0.25) is 0 Å². The molecule has 3 heteroatoms. The van der Waals surface area contributed by atoms with E-state index in [0.717, 1.165) is 37.2 Å². The highest BCUT2D eigenvalue weighted by Crippen LogP contribution is 2.08. The van der Waals surface area contributed by atoms with Crippen molar-refractivity contribution in [2.45, 2.75) is 26.8 Å². The first kappa shape index (κ1) is 13.1. The van der Waals surface area contributed by atoms with Gasteiger partial charge in [-0.3, -0.25) is 0 Å². The summed E-state index contributed by atoms with van der Waals surface area (Å²) in [5.74, 6) is -0.117. The van der Waals surface area contributed by atoms with Gasteiger partial charge in [-0.05, 0) is 31.5 Å². The van der Waals surface area contributed by atoms with Crippen LogP contribution in [0.1, 0.15) is 24.5 Å². The van der Waals surface area contributed by atoms with Gasteiger partial charge >= 0.3 is 0 Å². The van der Waals surface area contributed by atoms with Crippen LogP contribution in [-0.4, -0.2) is 19.6 Å². The summed E-state index contributed by atoms with van der Waals surface area (Å²) < 4.78 is 13.4. The fraction of sp³-hybridized carbons (Fsp3) is 0.538. The van der Waals surface area contributed by atoms with Crippen molar-refractivity contribution in [1.82, 2.24) is 10.6 Å². The Bertz CT molecular complexity index is 313. The molecule has 0 aliphatic carbocycles. The largest absolute Gasteiger partial charge is 0.315 e. The molecule has 16 heavy (non-hydrogen) atoms. The molecule has 0 bridgehead atoms. The van der Waals surface area contributed by atoms with Gasteiger partial charge in [0.25, 0.3) is 0 Å². The number of aryl methyl sites for hydroxylation is 1. The van der Waals surface area contributed by atoms with E-state index in [0.29, 0.717) is 6.54 Å². The maximum atomic E-state index is 13.4. The lowest BCUT2D eigenvalue weighted by atomic mass is 10.1. The lowest BCUT2D eigenvalue weighted by molar-refractivity contribution is 0.572. The SMILES string of the molecule is CCCNCCNCc1ccc(C)cc1F. The number of hydrogen-bond donors (Lipinski definition) is 2. The van der Waals surface area contributed by atoms with Crippen molar-refractivity contribution < 1.29 is 4.39 Å². The highest BCUT2D eigenvalue weighted by molar-refractivity contribution is 5.23. The average Bonchev–Trinajstić information content (AvgIpc) is 2.26. The molecule has 0 saturated carbocycles. The van der Waals surface area contributed by atoms with Crippen molar-refractivity contribution >= 4 is 0 Å². The normalized spacial score (nSPS) is 10.7. The van der Waals surface area contributed by atoms with Crippen LogP contribution in [0.3, 0.4) is 0 Å². The Balaban J connectivity index is 2.21. The van der Waals surface area contributed by atoms with Crippen LogP contribution in [-0.2, 0) is 6.54 Å². The van der Waals surface area contributed by atoms with Crippen LogP contribution in [0.5, 0.6) is 0 Å². The highest BCUT2D eigenvalue weighted by atomic mass is 19.1. The summed E-state index contributed by atoms with van der Waals surface area (Å²) in [6, 6.07) is 5.36. The van der Waals surface area contributed by atoms with E-state index in [1.807, 2.05) is 19.1 Å². The van der Waals surface area contributed by atoms with Gasteiger partial charge in [-0.1, -0.05) is 19.1 Å². The van der Waals surface area contributed by atoms with E-state index >= 15 is 0 Å². The second-order valence-electron chi connectivity index (χ2n) is 4.02. The minimum Gasteiger partial charge on any atom is -0.315 e. The van der Waals surface area contributed by atoms with Gasteiger partial charge in [0, 0.05) is 25.2 Å². The first-order valence-electron chi connectivity index (χ1n) is 5.90. The van der Waals surface area contributed by atoms with Crippen molar-refractivity contribution in [1.29, 1.82) is 0 Å². The van der Waals surface area contributed by atoms with E-state index in [-0.39, 0.29) is 5.82 Å². The van der Waals surface area contributed by atoms with E-state index < -0.39 is 0 Å². The Morgan fingerprint density at radius 2 is 1.88 bits per heavy atom. The minimum absolute atomic E-state index is 0.117. The topological polar surface area (TPSA) is 24.1 Å². The third-order valence-corrected chi connectivity index (χ3v) is 2.43. The van der Waals surface area contributed by atoms with Crippen LogP contribution < -0.4 is 10.6 Å². The Hall–Kier alpha value is -0.930. The van der Waals surface area contributed by atoms with Gasteiger partial charge in [-0.25, -0.2) is 4.39 Å². The molecule has 1 rings (SSSR count). The number of hydrogen-bond acceptors (Lipinski definition) is 2. The molecule has 0 radical (unpaired) electrons. The van der Waals surface area contributed by atoms with Gasteiger partial charge in [0.15, 0.2) is 0 Å². The van der Waals surface area contributed by atoms with Crippen LogP contribution in [0.25, 0.3) is 0 Å². The lowest BCUT2D eigenvalue weighted by Crippen LogP contribution is -2.27. The summed E-state index contributed by atoms with van der Waals surface area (Å²) in [5, 5.41) is 6.51. The molecule has 2 N–H and O–H groups in total. The van der Waals surface area contributed by atoms with Crippen LogP contribution in [0.4, 0.5) is 4.39 Å². The number of halogens is 1. The van der Waals surface area contributed by atoms with Gasteiger partial charge in [0.05, 0.1) is 0 Å². The molecule has 0 aromatic heterocycles. The van der Waals surface area contributed by atoms with E-state index in [9.17, 15) is 4.39 Å². The summed E-state index contributed by atoms with van der Waals surface area (Å²) in [6.45, 7) is 7.48. The number of rotatable bonds is 7. The smallest absolute Gasteiger partial charge is 0.127 e. The molecule has 1 aromatic carbocycles. The Morgan fingerprint density at radius 1 is 1.12 bits per heavy atom. The van der Waals surface area contributed by atoms with Crippen LogP contribution in [0.15, 0.2) is 18.2 Å². The van der Waals surface area contributed by atoms with E-state index in [1.54, 1.807) is 6.07 Å². The molecule has 0 spiro atoms. The van der Waals surface area contributed by atoms with E-state index in [1.165, 1.54) is 0 Å². The molecule has 90 valence electrons. The molecule has 1 aromatic rings. The van der Waals surface area contributed by atoms with E-state index in [2.05, 4.69) is 17.6 Å². The molecular formula is C13H21FN2. The van der Waals surface area contributed by atoms with Gasteiger partial charge in [-0.15, -0.1) is 0 Å². The van der Waals surface area contributed by atoms with Gasteiger partial charge in [-0.2, -0.15) is 0 Å². The molecule has 0 fully saturated rings. The van der Waals surface area contributed by atoms with Crippen molar-refractivity contribution in [2.24, 2.45) is 0 Å². The molecule has 0 unspecified atom stereocenters. The summed E-state index contributed by atoms with van der Waals surface area (Å²) in [5.41, 5.74) is 1.70. The molecule has 0 aliphatic heterocycles. The molecule has 0 aliphatic rings. The standard InChI is InChI=1S/C13H21FN2/c1-3-6-15-7-8-16-10-12-5-4-11(2)9-13(12)14/h4-5,9,15-16H,3,6-8,10H2,1-2H3. The van der Waals surface area contributed by atoms with Gasteiger partial charge in [0.2, 0.25) is 0 Å². The number of benzene rings is 1. The summed E-state index contributed by atoms with van der Waals surface area (Å²) in [4.78, 5) is 0. The summed E-state index contributed by atoms with van der Waals surface area (Å²) in [7, 11) is 0. The van der Waals surface area contributed by atoms with Crippen LogP contribution >= 0.6 is 0 Å². The maximum Gasteiger partial charge on any atom is 0.127 e. The third kappa shape index (κ3) is 4.73. The highest BCUT2D eigenvalue weighted by Gasteiger charge is 2.00. The molecular weight excluding hydrogens is 203 g/mol. The molecule has 2 nitrogen and oxygen atoms in total. The Labute approximate surface area is 97.3 Å². The zero-order valence-corrected chi connectivity index (χ0v) is 10.1. The summed E-state index contributed by atoms with van der Waals surface area (Å²) >= 11 is 0. The minimum atomic E-state index is -0.117. The van der Waals surface area contributed by atoms with E-state index in [4.69, 9.17) is 0 Å². The Kier molecular flexibility index (Phi) is 6.04. The van der Waals surface area contributed by atoms with Crippen LogP contribution in [0, 0.1) is 12.7 Å². The van der Waals surface area contributed by atoms with Crippen molar-refractivity contribution in [3.63, 3.8) is 0 Å². The van der Waals surface area contributed by atoms with Gasteiger partial charge in [0.1, 0.15) is 5.82 Å². The Morgan fingerprint density at radius 3 is 2.56 bits per heavy atom. The predicted molar refractivity (Wildman–Crippen MR) is 66.0 cm³/mol. The van der Waals surface area contributed by atoms with Crippen molar-refractivity contribution in [3.8, 4) is 0 Å². The lowest BCUT2D eigenvalue weighted by Gasteiger charge is -2.07. The monoisotopic (exact) mass is 224 g/mol. The molecule has 0 heterocycles. The number of nitrogens with one attached hydrogen (secondary N) is 2. The third-order valence-electron chi connectivity index (χ3n) is 2.43. The zero-order valence-electron chi connectivity index (χ0n) is 10.1. The first-order chi connectivity index (χ1) is 7.74. The molecule has 0 saturated heterocycles. The average molecular weight is 224 g/mol. The first-order valence-corrected chi connectivity index (χ1v) is 5.90. The molecule has 0 amide bonds. The maximum absolute atomic E-state index is 13.4. The van der Waals surface area contributed by atoms with Crippen molar-refractivity contribution in [3.05, 3.63) is 35.1 Å². The quantitative estimate of drug-likeness (QED) is 0.694. The summed E-state index contributed by atoms with van der Waals surface area (Å²) in [6.07, 6.45) is 1.15. The zero-order chi connectivity index (χ0) is 11.8. The second-order valence-corrected chi connectivity index (χ2v) is 4.02. The fourth-order valence-corrected chi connectivity index (χ4v) is 1.50. The van der Waals surface area contributed by atoms with Gasteiger partial charge < -0.3 is 10.6 Å². The second kappa shape index (κ2) is 7.36. The van der Waals surface area contributed by atoms with Crippen molar-refractivity contribution in [2.75, 3.05) is 19.6 Å². The fourth-order valence-electron chi connectivity index (χ4n) is 1.50. The predicted octanol–water partition coefficient (Wildman–Crippen LogP) is 2.22.